The van der Waals surface area contributed by atoms with E-state index in [1.165, 1.54) is 19.3 Å². The summed E-state index contributed by atoms with van der Waals surface area (Å²) in [6.07, 6.45) is 4.90. The van der Waals surface area contributed by atoms with Crippen LogP contribution in [-0.4, -0.2) is 53.7 Å². The van der Waals surface area contributed by atoms with E-state index in [1.54, 1.807) is 0 Å². The Hall–Kier alpha value is -1.30. The van der Waals surface area contributed by atoms with Gasteiger partial charge in [-0.25, -0.2) is 9.59 Å². The number of carbonyl (C=O) groups excluding carboxylic acids is 1. The predicted molar refractivity (Wildman–Crippen MR) is 77.8 cm³/mol. The molecule has 2 atom stereocenters. The van der Waals surface area contributed by atoms with Crippen LogP contribution in [0.4, 0.5) is 4.79 Å². The van der Waals surface area contributed by atoms with Gasteiger partial charge in [-0.2, -0.15) is 0 Å². The Morgan fingerprint density at radius 1 is 1.20 bits per heavy atom. The second-order valence-corrected chi connectivity index (χ2v) is 5.56. The van der Waals surface area contributed by atoms with E-state index in [0.717, 1.165) is 26.1 Å². The minimum absolute atomic E-state index is 0.0178. The van der Waals surface area contributed by atoms with Crippen molar-refractivity contribution in [2.75, 3.05) is 19.6 Å². The third-order valence-electron chi connectivity index (χ3n) is 3.54. The molecule has 1 aliphatic heterocycles. The minimum atomic E-state index is -0.981. The van der Waals surface area contributed by atoms with Gasteiger partial charge < -0.3 is 20.6 Å². The first-order valence-corrected chi connectivity index (χ1v) is 7.55. The molecule has 0 spiro atoms. The Morgan fingerprint density at radius 2 is 1.85 bits per heavy atom. The van der Waals surface area contributed by atoms with Gasteiger partial charge in [0.1, 0.15) is 6.04 Å². The second kappa shape index (κ2) is 8.79. The summed E-state index contributed by atoms with van der Waals surface area (Å²) >= 11 is 0. The van der Waals surface area contributed by atoms with Gasteiger partial charge in [0.2, 0.25) is 0 Å². The lowest BCUT2D eigenvalue weighted by atomic mass is 10.1. The number of rotatable bonds is 7. The van der Waals surface area contributed by atoms with E-state index >= 15 is 0 Å². The van der Waals surface area contributed by atoms with E-state index in [-0.39, 0.29) is 6.04 Å². The van der Waals surface area contributed by atoms with E-state index in [0.29, 0.717) is 6.42 Å². The standard InChI is InChI=1S/C14H27N3O3/c1-3-7-12(13(18)19)16-14(20)15-11(2)10-17-8-5-4-6-9-17/h11-12H,3-10H2,1-2H3,(H,18,19)(H2,15,16,20)/t11?,12-/m1/s1. The number of carboxylic acid groups (broad SMARTS) is 1. The number of urea groups is 1. The molecule has 1 saturated heterocycles. The van der Waals surface area contributed by atoms with Gasteiger partial charge in [0, 0.05) is 12.6 Å². The first-order chi connectivity index (χ1) is 9.52. The number of hydrogen-bond donors (Lipinski definition) is 3. The summed E-state index contributed by atoms with van der Waals surface area (Å²) in [6.45, 7) is 6.83. The third kappa shape index (κ3) is 6.23. The van der Waals surface area contributed by atoms with Crippen LogP contribution in [0.3, 0.4) is 0 Å². The van der Waals surface area contributed by atoms with Crippen molar-refractivity contribution in [3.63, 3.8) is 0 Å². The molecule has 0 saturated carbocycles. The van der Waals surface area contributed by atoms with Crippen molar-refractivity contribution >= 4 is 12.0 Å². The molecule has 0 aromatic carbocycles. The predicted octanol–water partition coefficient (Wildman–Crippen LogP) is 1.41. The lowest BCUT2D eigenvalue weighted by molar-refractivity contribution is -0.139. The molecule has 1 heterocycles. The molecule has 2 amide bonds. The van der Waals surface area contributed by atoms with Crippen LogP contribution in [0.5, 0.6) is 0 Å². The third-order valence-corrected chi connectivity index (χ3v) is 3.54. The zero-order valence-corrected chi connectivity index (χ0v) is 12.5. The lowest BCUT2D eigenvalue weighted by Crippen LogP contribution is -2.51. The van der Waals surface area contributed by atoms with Gasteiger partial charge in [-0.1, -0.05) is 19.8 Å². The SMILES string of the molecule is CCC[C@@H](NC(=O)NC(C)CN1CCCCC1)C(=O)O. The van der Waals surface area contributed by atoms with Gasteiger partial charge in [-0.3, -0.25) is 0 Å². The second-order valence-electron chi connectivity index (χ2n) is 5.56. The van der Waals surface area contributed by atoms with Crippen LogP contribution in [0, 0.1) is 0 Å². The molecule has 116 valence electrons. The topological polar surface area (TPSA) is 81.7 Å². The number of carboxylic acids is 1. The van der Waals surface area contributed by atoms with Crippen molar-refractivity contribution < 1.29 is 14.7 Å². The molecule has 0 radical (unpaired) electrons. The molecule has 20 heavy (non-hydrogen) atoms. The molecule has 1 aliphatic rings. The quantitative estimate of drug-likeness (QED) is 0.660. The number of nitrogens with zero attached hydrogens (tertiary/aromatic N) is 1. The van der Waals surface area contributed by atoms with Crippen LogP contribution in [0.2, 0.25) is 0 Å². The summed E-state index contributed by atoms with van der Waals surface area (Å²) < 4.78 is 0. The number of piperidine rings is 1. The molecule has 6 nitrogen and oxygen atoms in total. The molecule has 1 fully saturated rings. The number of carbonyl (C=O) groups is 2. The van der Waals surface area contributed by atoms with Gasteiger partial charge in [0.25, 0.3) is 0 Å². The monoisotopic (exact) mass is 285 g/mol. The van der Waals surface area contributed by atoms with Crippen molar-refractivity contribution in [3.8, 4) is 0 Å². The maximum atomic E-state index is 11.8. The summed E-state index contributed by atoms with van der Waals surface area (Å²) in [5.74, 6) is -0.981. The largest absolute Gasteiger partial charge is 0.480 e. The van der Waals surface area contributed by atoms with Gasteiger partial charge >= 0.3 is 12.0 Å². The summed E-state index contributed by atoms with van der Waals surface area (Å²) in [6, 6.07) is -1.18. The van der Waals surface area contributed by atoms with Gasteiger partial charge in [0.15, 0.2) is 0 Å². The molecule has 6 heteroatoms. The summed E-state index contributed by atoms with van der Waals surface area (Å²) in [7, 11) is 0. The van der Waals surface area contributed by atoms with E-state index in [9.17, 15) is 9.59 Å². The molecular weight excluding hydrogens is 258 g/mol. The van der Waals surface area contributed by atoms with Crippen LogP contribution in [0.15, 0.2) is 0 Å². The summed E-state index contributed by atoms with van der Waals surface area (Å²) in [5.41, 5.74) is 0. The number of aliphatic carboxylic acids is 1. The normalized spacial score (nSPS) is 19.1. The first kappa shape index (κ1) is 16.8. The number of hydrogen-bond acceptors (Lipinski definition) is 3. The van der Waals surface area contributed by atoms with Gasteiger partial charge in [0.05, 0.1) is 0 Å². The molecule has 1 unspecified atom stereocenters. The highest BCUT2D eigenvalue weighted by Crippen LogP contribution is 2.08. The van der Waals surface area contributed by atoms with Crippen molar-refractivity contribution in [1.82, 2.24) is 15.5 Å². The summed E-state index contributed by atoms with van der Waals surface area (Å²) in [4.78, 5) is 25.1. The lowest BCUT2D eigenvalue weighted by Gasteiger charge is -2.29. The van der Waals surface area contributed by atoms with Crippen LogP contribution in [-0.2, 0) is 4.79 Å². The minimum Gasteiger partial charge on any atom is -0.480 e. The highest BCUT2D eigenvalue weighted by atomic mass is 16.4. The number of likely N-dealkylation sites (tertiary alicyclic amines) is 1. The Labute approximate surface area is 120 Å². The fourth-order valence-electron chi connectivity index (χ4n) is 2.54. The maximum absolute atomic E-state index is 11.8. The van der Waals surface area contributed by atoms with Crippen molar-refractivity contribution in [2.24, 2.45) is 0 Å². The highest BCUT2D eigenvalue weighted by Gasteiger charge is 2.20. The molecule has 0 aromatic heterocycles. The van der Waals surface area contributed by atoms with E-state index < -0.39 is 18.0 Å². The first-order valence-electron chi connectivity index (χ1n) is 7.55. The molecule has 0 bridgehead atoms. The van der Waals surface area contributed by atoms with Crippen LogP contribution < -0.4 is 10.6 Å². The highest BCUT2D eigenvalue weighted by molar-refractivity contribution is 5.82. The zero-order valence-electron chi connectivity index (χ0n) is 12.5. The fraction of sp³-hybridized carbons (Fsp3) is 0.857. The smallest absolute Gasteiger partial charge is 0.326 e. The molecule has 3 N–H and O–H groups in total. The Balaban J connectivity index is 2.30. The van der Waals surface area contributed by atoms with Crippen molar-refractivity contribution in [2.45, 2.75) is 58.0 Å². The van der Waals surface area contributed by atoms with Crippen molar-refractivity contribution in [1.29, 1.82) is 0 Å². The average Bonchev–Trinajstić information content (AvgIpc) is 2.38. The maximum Gasteiger partial charge on any atom is 0.326 e. The molecule has 0 aliphatic carbocycles. The van der Waals surface area contributed by atoms with Crippen LogP contribution >= 0.6 is 0 Å². The van der Waals surface area contributed by atoms with E-state index in [1.807, 2.05) is 13.8 Å². The van der Waals surface area contributed by atoms with Crippen LogP contribution in [0.25, 0.3) is 0 Å². The summed E-state index contributed by atoms with van der Waals surface area (Å²) in [5, 5.41) is 14.3. The fourth-order valence-corrected chi connectivity index (χ4v) is 2.54. The van der Waals surface area contributed by atoms with Crippen molar-refractivity contribution in [3.05, 3.63) is 0 Å². The zero-order chi connectivity index (χ0) is 15.0. The Morgan fingerprint density at radius 3 is 2.40 bits per heavy atom. The van der Waals surface area contributed by atoms with Crippen LogP contribution in [0.1, 0.15) is 46.0 Å². The van der Waals surface area contributed by atoms with E-state index in [2.05, 4.69) is 15.5 Å². The Kier molecular flexibility index (Phi) is 7.36. The van der Waals surface area contributed by atoms with E-state index in [4.69, 9.17) is 5.11 Å². The Bertz CT molecular complexity index is 317. The molecule has 0 aromatic rings. The van der Waals surface area contributed by atoms with Gasteiger partial charge in [-0.15, -0.1) is 0 Å². The molecule has 1 rings (SSSR count). The molecular formula is C14H27N3O3. The van der Waals surface area contributed by atoms with Gasteiger partial charge in [-0.05, 0) is 39.3 Å². The number of amides is 2. The number of nitrogens with one attached hydrogen (secondary N) is 2. The average molecular weight is 285 g/mol.